The molecule has 0 spiro atoms. The fraction of sp³-hybridized carbons (Fsp3) is 0.625. The molecule has 1 aromatic rings. The van der Waals surface area contributed by atoms with Crippen LogP contribution in [0.3, 0.4) is 0 Å². The van der Waals surface area contributed by atoms with E-state index in [4.69, 9.17) is 10.5 Å². The Kier molecular flexibility index (Phi) is 4.80. The molecule has 0 aliphatic heterocycles. The first-order valence-corrected chi connectivity index (χ1v) is 6.73. The Hall–Kier alpha value is -1.02. The molecule has 1 unspecified atom stereocenters. The maximum atomic E-state index is 6.08. The van der Waals surface area contributed by atoms with Crippen LogP contribution >= 0.6 is 0 Å². The predicted octanol–water partition coefficient (Wildman–Crippen LogP) is 3.58. The van der Waals surface area contributed by atoms with Gasteiger partial charge in [0.1, 0.15) is 5.75 Å². The second-order valence-electron chi connectivity index (χ2n) is 6.11. The third-order valence-electron chi connectivity index (χ3n) is 3.43. The molecule has 18 heavy (non-hydrogen) atoms. The topological polar surface area (TPSA) is 35.2 Å². The minimum absolute atomic E-state index is 0.155. The molecule has 2 N–H and O–H groups in total. The summed E-state index contributed by atoms with van der Waals surface area (Å²) < 4.78 is 5.53. The molecule has 0 saturated heterocycles. The number of benzene rings is 1. The number of hydrogen-bond donors (Lipinski definition) is 1. The van der Waals surface area contributed by atoms with Gasteiger partial charge < -0.3 is 10.5 Å². The van der Waals surface area contributed by atoms with E-state index in [0.717, 1.165) is 18.6 Å². The quantitative estimate of drug-likeness (QED) is 0.885. The Labute approximate surface area is 112 Å². The summed E-state index contributed by atoms with van der Waals surface area (Å²) in [4.78, 5) is 0. The lowest BCUT2D eigenvalue weighted by Crippen LogP contribution is -2.22. The van der Waals surface area contributed by atoms with Gasteiger partial charge in [0.2, 0.25) is 0 Å². The van der Waals surface area contributed by atoms with E-state index in [0.29, 0.717) is 0 Å². The van der Waals surface area contributed by atoms with E-state index < -0.39 is 0 Å². The molecular formula is C16H27NO. The van der Waals surface area contributed by atoms with Crippen molar-refractivity contribution in [1.29, 1.82) is 0 Å². The summed E-state index contributed by atoms with van der Waals surface area (Å²) in [6, 6.07) is 4.68. The van der Waals surface area contributed by atoms with Crippen molar-refractivity contribution in [2.24, 2.45) is 5.73 Å². The average Bonchev–Trinajstić information content (AvgIpc) is 2.27. The summed E-state index contributed by atoms with van der Waals surface area (Å²) in [6.07, 6.45) is 1.87. The van der Waals surface area contributed by atoms with E-state index in [-0.39, 0.29) is 11.5 Å². The van der Waals surface area contributed by atoms with Crippen molar-refractivity contribution in [3.8, 4) is 5.75 Å². The molecule has 0 aliphatic rings. The van der Waals surface area contributed by atoms with Gasteiger partial charge in [-0.15, -0.1) is 0 Å². The Balaban J connectivity index is 3.23. The monoisotopic (exact) mass is 249 g/mol. The molecule has 1 rings (SSSR count). The highest BCUT2D eigenvalue weighted by Crippen LogP contribution is 2.32. The van der Waals surface area contributed by atoms with Crippen molar-refractivity contribution in [3.05, 3.63) is 28.8 Å². The fourth-order valence-corrected chi connectivity index (χ4v) is 2.15. The van der Waals surface area contributed by atoms with Crippen molar-refractivity contribution in [1.82, 2.24) is 0 Å². The van der Waals surface area contributed by atoms with Crippen LogP contribution in [0.5, 0.6) is 5.75 Å². The lowest BCUT2D eigenvalue weighted by molar-refractivity contribution is 0.403. The standard InChI is InChI=1S/C16H27NO/c1-7-14(17)10-12-9-13(16(3,4)5)8-11(2)15(12)18-6/h8-9,14H,7,10,17H2,1-6H3. The van der Waals surface area contributed by atoms with Crippen molar-refractivity contribution >= 4 is 0 Å². The lowest BCUT2D eigenvalue weighted by Gasteiger charge is -2.23. The van der Waals surface area contributed by atoms with Gasteiger partial charge in [0.15, 0.2) is 0 Å². The van der Waals surface area contributed by atoms with Gasteiger partial charge in [0.25, 0.3) is 0 Å². The SMILES string of the molecule is CCC(N)Cc1cc(C(C)(C)C)cc(C)c1OC. The zero-order chi connectivity index (χ0) is 13.9. The first-order chi connectivity index (χ1) is 8.29. The van der Waals surface area contributed by atoms with Gasteiger partial charge in [-0.05, 0) is 41.9 Å². The number of hydrogen-bond acceptors (Lipinski definition) is 2. The molecule has 0 saturated carbocycles. The maximum absolute atomic E-state index is 6.08. The van der Waals surface area contributed by atoms with Crippen LogP contribution in [0.4, 0.5) is 0 Å². The summed E-state index contributed by atoms with van der Waals surface area (Å²) in [5, 5.41) is 0. The minimum Gasteiger partial charge on any atom is -0.496 e. The molecule has 1 atom stereocenters. The zero-order valence-electron chi connectivity index (χ0n) is 12.6. The Morgan fingerprint density at radius 2 is 1.89 bits per heavy atom. The normalized spacial score (nSPS) is 13.5. The molecule has 2 heteroatoms. The average molecular weight is 249 g/mol. The number of rotatable bonds is 4. The third-order valence-corrected chi connectivity index (χ3v) is 3.43. The van der Waals surface area contributed by atoms with Crippen LogP contribution in [0.2, 0.25) is 0 Å². The van der Waals surface area contributed by atoms with Crippen LogP contribution in [0.1, 0.15) is 50.8 Å². The molecule has 102 valence electrons. The number of aryl methyl sites for hydroxylation is 1. The predicted molar refractivity (Wildman–Crippen MR) is 78.4 cm³/mol. The van der Waals surface area contributed by atoms with Crippen LogP contribution < -0.4 is 10.5 Å². The highest BCUT2D eigenvalue weighted by molar-refractivity contribution is 5.46. The Bertz CT molecular complexity index is 404. The molecule has 0 amide bonds. The number of nitrogens with two attached hydrogens (primary N) is 1. The molecule has 0 heterocycles. The van der Waals surface area contributed by atoms with E-state index in [1.54, 1.807) is 7.11 Å². The van der Waals surface area contributed by atoms with Gasteiger partial charge in [-0.2, -0.15) is 0 Å². The second-order valence-corrected chi connectivity index (χ2v) is 6.11. The van der Waals surface area contributed by atoms with Gasteiger partial charge >= 0.3 is 0 Å². The van der Waals surface area contributed by atoms with E-state index in [1.165, 1.54) is 16.7 Å². The minimum atomic E-state index is 0.155. The second kappa shape index (κ2) is 5.75. The maximum Gasteiger partial charge on any atom is 0.125 e. The number of methoxy groups -OCH3 is 1. The molecular weight excluding hydrogens is 222 g/mol. The van der Waals surface area contributed by atoms with Gasteiger partial charge in [-0.3, -0.25) is 0 Å². The summed E-state index contributed by atoms with van der Waals surface area (Å²) in [5.74, 6) is 0.993. The van der Waals surface area contributed by atoms with Crippen LogP contribution in [0.25, 0.3) is 0 Å². The molecule has 0 aromatic heterocycles. The van der Waals surface area contributed by atoms with Crippen LogP contribution in [-0.4, -0.2) is 13.2 Å². The van der Waals surface area contributed by atoms with Crippen LogP contribution in [0, 0.1) is 6.92 Å². The first-order valence-electron chi connectivity index (χ1n) is 6.73. The van der Waals surface area contributed by atoms with Gasteiger partial charge in [-0.25, -0.2) is 0 Å². The van der Waals surface area contributed by atoms with Gasteiger partial charge in [-0.1, -0.05) is 39.8 Å². The van der Waals surface area contributed by atoms with Crippen molar-refractivity contribution < 1.29 is 4.74 Å². The van der Waals surface area contributed by atoms with E-state index in [2.05, 4.69) is 46.8 Å². The summed E-state index contributed by atoms with van der Waals surface area (Å²) in [6.45, 7) is 10.9. The van der Waals surface area contributed by atoms with Crippen molar-refractivity contribution in [3.63, 3.8) is 0 Å². The smallest absolute Gasteiger partial charge is 0.125 e. The summed E-state index contributed by atoms with van der Waals surface area (Å²) in [7, 11) is 1.74. The summed E-state index contributed by atoms with van der Waals surface area (Å²) >= 11 is 0. The Morgan fingerprint density at radius 3 is 2.33 bits per heavy atom. The summed E-state index contributed by atoms with van der Waals surface area (Å²) in [5.41, 5.74) is 10.0. The van der Waals surface area contributed by atoms with Gasteiger partial charge in [0.05, 0.1) is 7.11 Å². The van der Waals surface area contributed by atoms with Crippen LogP contribution in [0.15, 0.2) is 12.1 Å². The first kappa shape index (κ1) is 15.0. The lowest BCUT2D eigenvalue weighted by atomic mass is 9.84. The fourth-order valence-electron chi connectivity index (χ4n) is 2.15. The van der Waals surface area contributed by atoms with E-state index >= 15 is 0 Å². The van der Waals surface area contributed by atoms with E-state index in [1.807, 2.05) is 0 Å². The largest absolute Gasteiger partial charge is 0.496 e. The van der Waals surface area contributed by atoms with Gasteiger partial charge in [0, 0.05) is 6.04 Å². The Morgan fingerprint density at radius 1 is 1.28 bits per heavy atom. The molecule has 1 aromatic carbocycles. The van der Waals surface area contributed by atoms with Crippen molar-refractivity contribution in [2.75, 3.05) is 7.11 Å². The molecule has 0 radical (unpaired) electrons. The molecule has 0 aliphatic carbocycles. The van der Waals surface area contributed by atoms with E-state index in [9.17, 15) is 0 Å². The molecule has 0 fully saturated rings. The highest BCUT2D eigenvalue weighted by Gasteiger charge is 2.18. The number of ether oxygens (including phenoxy) is 1. The molecule has 2 nitrogen and oxygen atoms in total. The van der Waals surface area contributed by atoms with Crippen LogP contribution in [-0.2, 0) is 11.8 Å². The van der Waals surface area contributed by atoms with Crippen molar-refractivity contribution in [2.45, 2.75) is 58.9 Å². The highest BCUT2D eigenvalue weighted by atomic mass is 16.5. The molecule has 0 bridgehead atoms. The zero-order valence-corrected chi connectivity index (χ0v) is 12.6. The third kappa shape index (κ3) is 3.49.